The van der Waals surface area contributed by atoms with Crippen LogP contribution in [0.3, 0.4) is 0 Å². The lowest BCUT2D eigenvalue weighted by molar-refractivity contribution is 0.0600. The molecule has 1 aromatic rings. The molecular weight excluding hydrogens is 218 g/mol. The topological polar surface area (TPSA) is 68.5 Å². The van der Waals surface area contributed by atoms with Gasteiger partial charge < -0.3 is 15.4 Å². The summed E-state index contributed by atoms with van der Waals surface area (Å²) >= 11 is 0. The zero-order valence-corrected chi connectivity index (χ0v) is 9.93. The first-order chi connectivity index (χ1) is 8.24. The van der Waals surface area contributed by atoms with Gasteiger partial charge in [0.2, 0.25) is 0 Å². The number of methoxy groups -OCH3 is 1. The number of pyridine rings is 1. The van der Waals surface area contributed by atoms with Gasteiger partial charge in [0, 0.05) is 19.3 Å². The van der Waals surface area contributed by atoms with E-state index in [4.69, 9.17) is 10.5 Å². The first kappa shape index (κ1) is 11.9. The first-order valence-corrected chi connectivity index (χ1v) is 5.74. The Morgan fingerprint density at radius 3 is 3.18 bits per heavy atom. The molecule has 5 heteroatoms. The summed E-state index contributed by atoms with van der Waals surface area (Å²) in [6, 6.07) is 3.43. The molecule has 0 radical (unpaired) electrons. The van der Waals surface area contributed by atoms with Crippen molar-refractivity contribution in [3.63, 3.8) is 0 Å². The fourth-order valence-corrected chi connectivity index (χ4v) is 2.07. The van der Waals surface area contributed by atoms with E-state index in [0.717, 1.165) is 25.3 Å². The molecule has 1 aliphatic rings. The summed E-state index contributed by atoms with van der Waals surface area (Å²) in [5.41, 5.74) is 6.19. The van der Waals surface area contributed by atoms with E-state index in [1.54, 1.807) is 18.3 Å². The molecule has 0 bridgehead atoms. The molecule has 2 N–H and O–H groups in total. The molecule has 0 saturated carbocycles. The Labute approximate surface area is 101 Å². The molecule has 0 aliphatic carbocycles. The third-order valence-corrected chi connectivity index (χ3v) is 3.11. The van der Waals surface area contributed by atoms with Crippen molar-refractivity contribution >= 4 is 11.8 Å². The van der Waals surface area contributed by atoms with Gasteiger partial charge in [0.25, 0.3) is 0 Å². The van der Waals surface area contributed by atoms with Crippen molar-refractivity contribution in [3.05, 3.63) is 23.9 Å². The average molecular weight is 235 g/mol. The van der Waals surface area contributed by atoms with Crippen molar-refractivity contribution in [2.75, 3.05) is 31.6 Å². The van der Waals surface area contributed by atoms with Gasteiger partial charge in [-0.25, -0.2) is 9.78 Å². The van der Waals surface area contributed by atoms with Crippen molar-refractivity contribution in [2.24, 2.45) is 11.7 Å². The van der Waals surface area contributed by atoms with E-state index in [-0.39, 0.29) is 5.97 Å². The minimum absolute atomic E-state index is 0.330. The maximum Gasteiger partial charge on any atom is 0.338 e. The number of rotatable bonds is 3. The van der Waals surface area contributed by atoms with Gasteiger partial charge in [0.05, 0.1) is 12.7 Å². The Bertz CT molecular complexity index is 408. The minimum atomic E-state index is -0.330. The number of nitrogens with zero attached hydrogens (tertiary/aromatic N) is 2. The van der Waals surface area contributed by atoms with Crippen LogP contribution in [0.2, 0.25) is 0 Å². The summed E-state index contributed by atoms with van der Waals surface area (Å²) in [7, 11) is 1.38. The van der Waals surface area contributed by atoms with Crippen LogP contribution in [0.1, 0.15) is 16.8 Å². The van der Waals surface area contributed by atoms with Gasteiger partial charge in [-0.05, 0) is 31.0 Å². The molecule has 1 atom stereocenters. The van der Waals surface area contributed by atoms with Crippen LogP contribution in [0.25, 0.3) is 0 Å². The van der Waals surface area contributed by atoms with Gasteiger partial charge in [-0.2, -0.15) is 0 Å². The van der Waals surface area contributed by atoms with Crippen molar-refractivity contribution in [1.29, 1.82) is 0 Å². The summed E-state index contributed by atoms with van der Waals surface area (Å²) in [6.45, 7) is 2.56. The number of esters is 1. The number of nitrogens with two attached hydrogens (primary N) is 1. The molecule has 0 amide bonds. The Morgan fingerprint density at radius 2 is 2.53 bits per heavy atom. The van der Waals surface area contributed by atoms with Crippen LogP contribution in [0, 0.1) is 5.92 Å². The lowest BCUT2D eigenvalue weighted by Crippen LogP contribution is -2.23. The monoisotopic (exact) mass is 235 g/mol. The second-order valence-corrected chi connectivity index (χ2v) is 4.23. The predicted molar refractivity (Wildman–Crippen MR) is 65.0 cm³/mol. The molecule has 1 aliphatic heterocycles. The molecule has 1 unspecified atom stereocenters. The van der Waals surface area contributed by atoms with Crippen molar-refractivity contribution in [3.8, 4) is 0 Å². The van der Waals surface area contributed by atoms with Crippen LogP contribution in [0.4, 0.5) is 5.82 Å². The lowest BCUT2D eigenvalue weighted by Gasteiger charge is -2.17. The smallest absolute Gasteiger partial charge is 0.338 e. The molecular formula is C12H17N3O2. The third-order valence-electron chi connectivity index (χ3n) is 3.11. The highest BCUT2D eigenvalue weighted by atomic mass is 16.5. The second-order valence-electron chi connectivity index (χ2n) is 4.23. The highest BCUT2D eigenvalue weighted by molar-refractivity contribution is 5.90. The van der Waals surface area contributed by atoms with E-state index in [0.29, 0.717) is 18.0 Å². The van der Waals surface area contributed by atoms with Gasteiger partial charge in [-0.1, -0.05) is 0 Å². The number of anilines is 1. The predicted octanol–water partition coefficient (Wildman–Crippen LogP) is 0.653. The molecule has 0 aromatic carbocycles. The Hall–Kier alpha value is -1.62. The number of ether oxygens (including phenoxy) is 1. The number of hydrogen-bond donors (Lipinski definition) is 1. The van der Waals surface area contributed by atoms with Crippen LogP contribution in [0.15, 0.2) is 18.3 Å². The number of hydrogen-bond acceptors (Lipinski definition) is 5. The molecule has 0 spiro atoms. The zero-order chi connectivity index (χ0) is 12.3. The van der Waals surface area contributed by atoms with Gasteiger partial charge in [-0.3, -0.25) is 0 Å². The normalized spacial score (nSPS) is 19.4. The standard InChI is InChI=1S/C12H17N3O2/c1-17-12(16)10-2-4-14-11(6-10)15-5-3-9(7-13)8-15/h2,4,6,9H,3,5,7-8,13H2,1H3. The molecule has 1 saturated heterocycles. The van der Waals surface area contributed by atoms with Crippen molar-refractivity contribution in [2.45, 2.75) is 6.42 Å². The number of aromatic nitrogens is 1. The van der Waals surface area contributed by atoms with E-state index < -0.39 is 0 Å². The third kappa shape index (κ3) is 2.55. The largest absolute Gasteiger partial charge is 0.465 e. The molecule has 1 fully saturated rings. The van der Waals surface area contributed by atoms with Crippen LogP contribution >= 0.6 is 0 Å². The second kappa shape index (κ2) is 5.14. The quantitative estimate of drug-likeness (QED) is 0.779. The summed E-state index contributed by atoms with van der Waals surface area (Å²) in [5, 5.41) is 0. The van der Waals surface area contributed by atoms with Crippen LogP contribution in [-0.4, -0.2) is 37.7 Å². The van der Waals surface area contributed by atoms with E-state index in [1.807, 2.05) is 0 Å². The van der Waals surface area contributed by atoms with Gasteiger partial charge in [0.15, 0.2) is 0 Å². The summed E-state index contributed by atoms with van der Waals surface area (Å²) in [4.78, 5) is 17.9. The molecule has 92 valence electrons. The highest BCUT2D eigenvalue weighted by Gasteiger charge is 2.22. The maximum atomic E-state index is 11.4. The number of carbonyl (C=O) groups excluding carboxylic acids is 1. The summed E-state index contributed by atoms with van der Waals surface area (Å²) in [5.74, 6) is 1.02. The van der Waals surface area contributed by atoms with E-state index in [2.05, 4.69) is 9.88 Å². The molecule has 2 heterocycles. The maximum absolute atomic E-state index is 11.4. The van der Waals surface area contributed by atoms with Crippen LogP contribution < -0.4 is 10.6 Å². The van der Waals surface area contributed by atoms with Gasteiger partial charge >= 0.3 is 5.97 Å². The molecule has 17 heavy (non-hydrogen) atoms. The lowest BCUT2D eigenvalue weighted by atomic mass is 10.1. The van der Waals surface area contributed by atoms with E-state index in [9.17, 15) is 4.79 Å². The first-order valence-electron chi connectivity index (χ1n) is 5.74. The number of carbonyl (C=O) groups is 1. The fraction of sp³-hybridized carbons (Fsp3) is 0.500. The Balaban J connectivity index is 2.14. The molecule has 5 nitrogen and oxygen atoms in total. The van der Waals surface area contributed by atoms with Crippen molar-refractivity contribution in [1.82, 2.24) is 4.98 Å². The SMILES string of the molecule is COC(=O)c1ccnc(N2CCC(CN)C2)c1. The van der Waals surface area contributed by atoms with Crippen LogP contribution in [-0.2, 0) is 4.74 Å². The molecule has 2 rings (SSSR count). The Kier molecular flexibility index (Phi) is 3.58. The van der Waals surface area contributed by atoms with Gasteiger partial charge in [0.1, 0.15) is 5.82 Å². The van der Waals surface area contributed by atoms with Gasteiger partial charge in [-0.15, -0.1) is 0 Å². The molecule has 1 aromatic heterocycles. The average Bonchev–Trinajstić information content (AvgIpc) is 2.86. The Morgan fingerprint density at radius 1 is 1.71 bits per heavy atom. The van der Waals surface area contributed by atoms with Crippen molar-refractivity contribution < 1.29 is 9.53 Å². The van der Waals surface area contributed by atoms with E-state index >= 15 is 0 Å². The summed E-state index contributed by atoms with van der Waals surface area (Å²) < 4.78 is 4.69. The van der Waals surface area contributed by atoms with Crippen LogP contribution in [0.5, 0.6) is 0 Å². The minimum Gasteiger partial charge on any atom is -0.465 e. The fourth-order valence-electron chi connectivity index (χ4n) is 2.07. The van der Waals surface area contributed by atoms with E-state index in [1.165, 1.54) is 7.11 Å². The summed E-state index contributed by atoms with van der Waals surface area (Å²) in [6.07, 6.45) is 2.72. The highest BCUT2D eigenvalue weighted by Crippen LogP contribution is 2.22. The zero-order valence-electron chi connectivity index (χ0n) is 9.93.